The van der Waals surface area contributed by atoms with E-state index in [9.17, 15) is 0 Å². The smallest absolute Gasteiger partial charge is 0.0760 e. The Hall–Kier alpha value is -6.64. The van der Waals surface area contributed by atoms with Crippen LogP contribution in [0.3, 0.4) is 0 Å². The fraction of sp³-hybridized carbons (Fsp3) is 0.0204. The molecule has 2 aliphatic rings. The van der Waals surface area contributed by atoms with Crippen LogP contribution in [0.2, 0.25) is 0 Å². The molecule has 12 rings (SSSR count). The van der Waals surface area contributed by atoms with Gasteiger partial charge in [0.1, 0.15) is 0 Å². The maximum atomic E-state index is 2.53. The Morgan fingerprint density at radius 3 is 1.75 bits per heavy atom. The van der Waals surface area contributed by atoms with Crippen LogP contribution < -0.4 is 0 Å². The molecule has 0 saturated heterocycles. The number of hydrogen-bond acceptors (Lipinski definition) is 0. The van der Waals surface area contributed by atoms with Crippen molar-refractivity contribution in [3.63, 3.8) is 0 Å². The Morgan fingerprint density at radius 2 is 0.882 bits per heavy atom. The lowest BCUT2D eigenvalue weighted by molar-refractivity contribution is 0.750. The number of benzene rings is 8. The highest BCUT2D eigenvalue weighted by atomic mass is 15.0. The van der Waals surface area contributed by atoms with Crippen LogP contribution in [0.4, 0.5) is 0 Å². The summed E-state index contributed by atoms with van der Waals surface area (Å²) in [6, 6.07) is 67.7. The number of rotatable bonds is 2. The maximum Gasteiger partial charge on any atom is 0.0760 e. The van der Waals surface area contributed by atoms with E-state index < -0.39 is 5.41 Å². The Morgan fingerprint density at radius 1 is 0.333 bits per heavy atom. The van der Waals surface area contributed by atoms with Crippen molar-refractivity contribution < 1.29 is 0 Å². The SMILES string of the molecule is c1ccc(-n2c3ccccc3c3c(-c4cccc5c4C4(c6ccccc6-5)c5ccccc5-n5c6ccccc6c6cccc4c65)cccc32)cc1. The minimum atomic E-state index is -0.525. The van der Waals surface area contributed by atoms with E-state index in [1.54, 1.807) is 0 Å². The largest absolute Gasteiger partial charge is 0.309 e. The summed E-state index contributed by atoms with van der Waals surface area (Å²) < 4.78 is 4.95. The Balaban J connectivity index is 1.28. The number of fused-ring (bicyclic) bond motifs is 15. The second-order valence-electron chi connectivity index (χ2n) is 14.0. The molecule has 1 spiro atoms. The lowest BCUT2D eigenvalue weighted by Crippen LogP contribution is -2.34. The molecule has 0 saturated carbocycles. The molecule has 1 aliphatic carbocycles. The van der Waals surface area contributed by atoms with Gasteiger partial charge in [-0.25, -0.2) is 0 Å². The minimum Gasteiger partial charge on any atom is -0.309 e. The van der Waals surface area contributed by atoms with Gasteiger partial charge in [-0.1, -0.05) is 146 Å². The van der Waals surface area contributed by atoms with Crippen molar-refractivity contribution in [1.82, 2.24) is 9.13 Å². The van der Waals surface area contributed by atoms with Gasteiger partial charge in [-0.3, -0.25) is 0 Å². The second-order valence-corrected chi connectivity index (χ2v) is 14.0. The summed E-state index contributed by atoms with van der Waals surface area (Å²) in [5, 5.41) is 5.14. The summed E-state index contributed by atoms with van der Waals surface area (Å²) in [6.45, 7) is 0. The lowest BCUT2D eigenvalue weighted by atomic mass is 9.64. The van der Waals surface area contributed by atoms with E-state index in [4.69, 9.17) is 0 Å². The number of aromatic nitrogens is 2. The molecule has 2 aromatic heterocycles. The summed E-state index contributed by atoms with van der Waals surface area (Å²) >= 11 is 0. The Labute approximate surface area is 295 Å². The fourth-order valence-electron chi connectivity index (χ4n) is 9.95. The van der Waals surface area contributed by atoms with Gasteiger partial charge in [-0.15, -0.1) is 0 Å². The van der Waals surface area contributed by atoms with Crippen LogP contribution in [0.5, 0.6) is 0 Å². The summed E-state index contributed by atoms with van der Waals surface area (Å²) in [6.07, 6.45) is 0. The van der Waals surface area contributed by atoms with Gasteiger partial charge in [-0.2, -0.15) is 0 Å². The van der Waals surface area contributed by atoms with Crippen LogP contribution in [0.15, 0.2) is 182 Å². The van der Waals surface area contributed by atoms with Gasteiger partial charge >= 0.3 is 0 Å². The van der Waals surface area contributed by atoms with Crippen LogP contribution in [0.25, 0.3) is 77.2 Å². The predicted octanol–water partition coefficient (Wildman–Crippen LogP) is 12.2. The van der Waals surface area contributed by atoms with Crippen LogP contribution in [-0.4, -0.2) is 9.13 Å². The summed E-state index contributed by atoms with van der Waals surface area (Å²) in [5.41, 5.74) is 17.4. The molecule has 2 heteroatoms. The molecule has 3 heterocycles. The first-order valence-corrected chi connectivity index (χ1v) is 17.8. The van der Waals surface area contributed by atoms with E-state index in [2.05, 4.69) is 191 Å². The van der Waals surface area contributed by atoms with Crippen molar-refractivity contribution in [1.29, 1.82) is 0 Å². The zero-order valence-corrected chi connectivity index (χ0v) is 27.7. The third kappa shape index (κ3) is 3.24. The van der Waals surface area contributed by atoms with Gasteiger partial charge in [0.25, 0.3) is 0 Å². The molecular weight excluding hydrogens is 617 g/mol. The van der Waals surface area contributed by atoms with Crippen molar-refractivity contribution in [3.05, 3.63) is 204 Å². The zero-order chi connectivity index (χ0) is 33.3. The molecule has 236 valence electrons. The highest BCUT2D eigenvalue weighted by molar-refractivity contribution is 6.17. The van der Waals surface area contributed by atoms with Crippen LogP contribution in [0, 0.1) is 0 Å². The van der Waals surface area contributed by atoms with Gasteiger partial charge < -0.3 is 9.13 Å². The first-order valence-electron chi connectivity index (χ1n) is 17.8. The predicted molar refractivity (Wildman–Crippen MR) is 211 cm³/mol. The van der Waals surface area contributed by atoms with Gasteiger partial charge in [0.15, 0.2) is 0 Å². The molecule has 2 nitrogen and oxygen atoms in total. The zero-order valence-electron chi connectivity index (χ0n) is 27.7. The summed E-state index contributed by atoms with van der Waals surface area (Å²) in [5.74, 6) is 0. The van der Waals surface area contributed by atoms with Crippen molar-refractivity contribution in [2.24, 2.45) is 0 Å². The van der Waals surface area contributed by atoms with E-state index in [-0.39, 0.29) is 0 Å². The van der Waals surface area contributed by atoms with Crippen LogP contribution in [0.1, 0.15) is 22.3 Å². The number of para-hydroxylation sites is 5. The average Bonchev–Trinajstić information content (AvgIpc) is 3.83. The van der Waals surface area contributed by atoms with Crippen molar-refractivity contribution in [2.75, 3.05) is 0 Å². The van der Waals surface area contributed by atoms with E-state index in [0.29, 0.717) is 0 Å². The number of nitrogens with zero attached hydrogens (tertiary/aromatic N) is 2. The molecule has 51 heavy (non-hydrogen) atoms. The summed E-state index contributed by atoms with van der Waals surface area (Å²) in [7, 11) is 0. The molecule has 1 aliphatic heterocycles. The fourth-order valence-corrected chi connectivity index (χ4v) is 9.95. The monoisotopic (exact) mass is 646 g/mol. The quantitative estimate of drug-likeness (QED) is 0.177. The molecule has 0 N–H and O–H groups in total. The summed E-state index contributed by atoms with van der Waals surface area (Å²) in [4.78, 5) is 0. The van der Waals surface area contributed by atoms with E-state index in [1.165, 1.54) is 99.5 Å². The van der Waals surface area contributed by atoms with Crippen molar-refractivity contribution in [2.45, 2.75) is 5.41 Å². The lowest BCUT2D eigenvalue weighted by Gasteiger charge is -2.40. The number of hydrogen-bond donors (Lipinski definition) is 0. The molecular formula is C49H30N2. The Kier molecular flexibility index (Phi) is 5.20. The normalized spacial score (nSPS) is 15.5. The first-order chi connectivity index (χ1) is 25.4. The van der Waals surface area contributed by atoms with Crippen LogP contribution in [-0.2, 0) is 5.41 Å². The topological polar surface area (TPSA) is 9.86 Å². The molecule has 8 aromatic carbocycles. The second kappa shape index (κ2) is 9.74. The van der Waals surface area contributed by atoms with Gasteiger partial charge in [-0.05, 0) is 80.9 Å². The molecule has 0 bridgehead atoms. The first kappa shape index (κ1) is 27.2. The molecule has 0 fully saturated rings. The third-order valence-electron chi connectivity index (χ3n) is 11.7. The average molecular weight is 647 g/mol. The van der Waals surface area contributed by atoms with Gasteiger partial charge in [0.05, 0.1) is 33.2 Å². The van der Waals surface area contributed by atoms with Crippen molar-refractivity contribution >= 4 is 43.6 Å². The highest BCUT2D eigenvalue weighted by Crippen LogP contribution is 2.63. The van der Waals surface area contributed by atoms with Gasteiger partial charge in [0.2, 0.25) is 0 Å². The molecule has 1 unspecified atom stereocenters. The molecule has 10 aromatic rings. The molecule has 1 atom stereocenters. The van der Waals surface area contributed by atoms with E-state index in [1.807, 2.05) is 0 Å². The standard InChI is InChI=1S/C49H30N2/c1-2-15-31(16-3-1)50-43-28-10-6-19-38(43)46-34(20-14-30-45(46)50)36-22-12-21-35-32-17-4-7-24-39(32)49(47(35)36)40-25-8-11-29-44(40)51-42-27-9-5-18-33(42)37-23-13-26-41(49)48(37)51/h1-30H. The van der Waals surface area contributed by atoms with E-state index in [0.717, 1.165) is 0 Å². The minimum absolute atomic E-state index is 0.525. The molecule has 0 radical (unpaired) electrons. The Bertz CT molecular complexity index is 3090. The van der Waals surface area contributed by atoms with Gasteiger partial charge in [0, 0.05) is 27.2 Å². The van der Waals surface area contributed by atoms with E-state index >= 15 is 0 Å². The van der Waals surface area contributed by atoms with Crippen LogP contribution >= 0.6 is 0 Å². The molecule has 0 amide bonds. The highest BCUT2D eigenvalue weighted by Gasteiger charge is 2.52. The third-order valence-corrected chi connectivity index (χ3v) is 11.7. The maximum absolute atomic E-state index is 2.53. The van der Waals surface area contributed by atoms with Crippen molar-refractivity contribution in [3.8, 4) is 33.6 Å².